The molecule has 0 saturated carbocycles. The van der Waals surface area contributed by atoms with E-state index in [1.54, 1.807) is 6.20 Å². The predicted octanol–water partition coefficient (Wildman–Crippen LogP) is 2.13. The summed E-state index contributed by atoms with van der Waals surface area (Å²) in [5.74, 6) is 0. The average Bonchev–Trinajstić information content (AvgIpc) is 2.25. The number of aromatic nitrogens is 2. The van der Waals surface area contributed by atoms with E-state index < -0.39 is 5.60 Å². The van der Waals surface area contributed by atoms with Crippen LogP contribution >= 0.6 is 23.2 Å². The Bertz CT molecular complexity index is 402. The molecule has 0 unspecified atom stereocenters. The van der Waals surface area contributed by atoms with Gasteiger partial charge in [0.2, 0.25) is 5.28 Å². The highest BCUT2D eigenvalue weighted by Crippen LogP contribution is 2.23. The molecule has 1 aromatic heterocycles. The molecule has 0 aromatic carbocycles. The lowest BCUT2D eigenvalue weighted by Crippen LogP contribution is -2.42. The molecule has 6 heteroatoms. The first kappa shape index (κ1) is 13.0. The maximum Gasteiger partial charge on any atom is 0.223 e. The van der Waals surface area contributed by atoms with Crippen molar-refractivity contribution >= 4 is 23.2 Å². The second kappa shape index (κ2) is 5.06. The van der Waals surface area contributed by atoms with Gasteiger partial charge in [-0.15, -0.1) is 0 Å². The Hall–Kier alpha value is -0.420. The van der Waals surface area contributed by atoms with Crippen LogP contribution in [0.4, 0.5) is 0 Å². The van der Waals surface area contributed by atoms with E-state index in [-0.39, 0.29) is 5.28 Å². The van der Waals surface area contributed by atoms with Crippen LogP contribution in [0.2, 0.25) is 10.4 Å². The van der Waals surface area contributed by atoms with E-state index in [2.05, 4.69) is 14.9 Å². The van der Waals surface area contributed by atoms with Crippen molar-refractivity contribution in [3.63, 3.8) is 0 Å². The van der Waals surface area contributed by atoms with Crippen molar-refractivity contribution in [2.45, 2.75) is 31.9 Å². The molecule has 1 aliphatic heterocycles. The van der Waals surface area contributed by atoms with Crippen LogP contribution in [0.25, 0.3) is 0 Å². The SMILES string of the molecule is CC1(O)CCN(Cc2cnc(Cl)nc2Cl)CC1. The molecule has 94 valence electrons. The molecule has 0 aliphatic carbocycles. The first-order valence-corrected chi connectivity index (χ1v) is 6.33. The second-order valence-electron chi connectivity index (χ2n) is 4.73. The molecule has 0 radical (unpaired) electrons. The molecule has 0 atom stereocenters. The van der Waals surface area contributed by atoms with Gasteiger partial charge in [-0.1, -0.05) is 11.6 Å². The third-order valence-corrected chi connectivity index (χ3v) is 3.62. The van der Waals surface area contributed by atoms with E-state index in [4.69, 9.17) is 23.2 Å². The fourth-order valence-electron chi connectivity index (χ4n) is 1.91. The first-order valence-electron chi connectivity index (χ1n) is 5.58. The standard InChI is InChI=1S/C11H15Cl2N3O/c1-11(17)2-4-16(5-3-11)7-8-6-14-10(13)15-9(8)12/h6,17H,2-5,7H2,1H3. The molecule has 4 nitrogen and oxygen atoms in total. The van der Waals surface area contributed by atoms with Gasteiger partial charge in [0, 0.05) is 31.4 Å². The van der Waals surface area contributed by atoms with Crippen LogP contribution < -0.4 is 0 Å². The van der Waals surface area contributed by atoms with Crippen LogP contribution in [0.3, 0.4) is 0 Å². The molecule has 1 aromatic rings. The summed E-state index contributed by atoms with van der Waals surface area (Å²) in [6, 6.07) is 0. The van der Waals surface area contributed by atoms with Crippen LogP contribution in [0.5, 0.6) is 0 Å². The summed E-state index contributed by atoms with van der Waals surface area (Å²) < 4.78 is 0. The minimum Gasteiger partial charge on any atom is -0.390 e. The summed E-state index contributed by atoms with van der Waals surface area (Å²) in [6.45, 7) is 4.28. The van der Waals surface area contributed by atoms with Crippen molar-refractivity contribution < 1.29 is 5.11 Å². The molecule has 2 rings (SSSR count). The third-order valence-electron chi connectivity index (χ3n) is 3.11. The number of rotatable bonds is 2. The topological polar surface area (TPSA) is 49.2 Å². The lowest BCUT2D eigenvalue weighted by molar-refractivity contribution is -0.00732. The maximum absolute atomic E-state index is 9.85. The Morgan fingerprint density at radius 3 is 2.65 bits per heavy atom. The van der Waals surface area contributed by atoms with E-state index in [0.29, 0.717) is 11.7 Å². The summed E-state index contributed by atoms with van der Waals surface area (Å²) in [5.41, 5.74) is 0.342. The van der Waals surface area contributed by atoms with Crippen molar-refractivity contribution in [2.75, 3.05) is 13.1 Å². The van der Waals surface area contributed by atoms with E-state index in [9.17, 15) is 5.11 Å². The van der Waals surface area contributed by atoms with Crippen LogP contribution in [0.1, 0.15) is 25.3 Å². The molecule has 0 spiro atoms. The molecule has 17 heavy (non-hydrogen) atoms. The van der Waals surface area contributed by atoms with Crippen molar-refractivity contribution in [2.24, 2.45) is 0 Å². The van der Waals surface area contributed by atoms with E-state index >= 15 is 0 Å². The quantitative estimate of drug-likeness (QED) is 0.664. The molecule has 0 amide bonds. The summed E-state index contributed by atoms with van der Waals surface area (Å²) in [4.78, 5) is 10.1. The van der Waals surface area contributed by atoms with Gasteiger partial charge in [0.15, 0.2) is 0 Å². The molecular formula is C11H15Cl2N3O. The summed E-state index contributed by atoms with van der Waals surface area (Å²) in [5, 5.41) is 10.4. The number of halogens is 2. The van der Waals surface area contributed by atoms with Gasteiger partial charge in [-0.2, -0.15) is 0 Å². The van der Waals surface area contributed by atoms with Crippen LogP contribution in [0.15, 0.2) is 6.20 Å². The predicted molar refractivity (Wildman–Crippen MR) is 67.2 cm³/mol. The molecule has 1 N–H and O–H groups in total. The zero-order valence-corrected chi connectivity index (χ0v) is 11.2. The number of aliphatic hydroxyl groups is 1. The Labute approximate surface area is 111 Å². The van der Waals surface area contributed by atoms with Gasteiger partial charge in [0.05, 0.1) is 5.60 Å². The van der Waals surface area contributed by atoms with Gasteiger partial charge in [-0.05, 0) is 31.4 Å². The lowest BCUT2D eigenvalue weighted by Gasteiger charge is -2.35. The van der Waals surface area contributed by atoms with E-state index in [1.165, 1.54) is 0 Å². The van der Waals surface area contributed by atoms with Gasteiger partial charge >= 0.3 is 0 Å². The summed E-state index contributed by atoms with van der Waals surface area (Å²) in [6.07, 6.45) is 3.21. The third kappa shape index (κ3) is 3.52. The number of hydrogen-bond acceptors (Lipinski definition) is 4. The van der Waals surface area contributed by atoms with Crippen molar-refractivity contribution in [1.29, 1.82) is 0 Å². The normalized spacial score (nSPS) is 20.5. The van der Waals surface area contributed by atoms with Crippen molar-refractivity contribution in [3.8, 4) is 0 Å². The highest BCUT2D eigenvalue weighted by atomic mass is 35.5. The molecule has 2 heterocycles. The largest absolute Gasteiger partial charge is 0.390 e. The van der Waals surface area contributed by atoms with Gasteiger partial charge in [0.1, 0.15) is 5.15 Å². The van der Waals surface area contributed by atoms with Crippen molar-refractivity contribution in [3.05, 3.63) is 22.2 Å². The molecular weight excluding hydrogens is 261 g/mol. The number of nitrogens with zero attached hydrogens (tertiary/aromatic N) is 3. The number of likely N-dealkylation sites (tertiary alicyclic amines) is 1. The Kier molecular flexibility index (Phi) is 3.88. The monoisotopic (exact) mass is 275 g/mol. The fraction of sp³-hybridized carbons (Fsp3) is 0.636. The van der Waals surface area contributed by atoms with Gasteiger partial charge in [0.25, 0.3) is 0 Å². The molecule has 1 aliphatic rings. The lowest BCUT2D eigenvalue weighted by atomic mass is 9.94. The van der Waals surface area contributed by atoms with Crippen LogP contribution in [0, 0.1) is 0 Å². The van der Waals surface area contributed by atoms with E-state index in [1.807, 2.05) is 6.92 Å². The molecule has 0 bridgehead atoms. The Morgan fingerprint density at radius 2 is 2.06 bits per heavy atom. The number of hydrogen-bond donors (Lipinski definition) is 1. The Balaban J connectivity index is 1.98. The minimum absolute atomic E-state index is 0.167. The zero-order valence-electron chi connectivity index (χ0n) is 9.66. The first-order chi connectivity index (χ1) is 7.96. The highest BCUT2D eigenvalue weighted by Gasteiger charge is 2.27. The minimum atomic E-state index is -0.531. The Morgan fingerprint density at radius 1 is 1.41 bits per heavy atom. The van der Waals surface area contributed by atoms with Crippen LogP contribution in [-0.4, -0.2) is 38.7 Å². The smallest absolute Gasteiger partial charge is 0.223 e. The average molecular weight is 276 g/mol. The van der Waals surface area contributed by atoms with Crippen LogP contribution in [-0.2, 0) is 6.54 Å². The molecule has 1 saturated heterocycles. The van der Waals surface area contributed by atoms with E-state index in [0.717, 1.165) is 31.5 Å². The second-order valence-corrected chi connectivity index (χ2v) is 5.42. The molecule has 1 fully saturated rings. The van der Waals surface area contributed by atoms with Gasteiger partial charge in [-0.3, -0.25) is 4.90 Å². The highest BCUT2D eigenvalue weighted by molar-refractivity contribution is 6.32. The van der Waals surface area contributed by atoms with Crippen molar-refractivity contribution in [1.82, 2.24) is 14.9 Å². The summed E-state index contributed by atoms with van der Waals surface area (Å²) >= 11 is 11.6. The van der Waals surface area contributed by atoms with Gasteiger partial charge < -0.3 is 5.11 Å². The van der Waals surface area contributed by atoms with Gasteiger partial charge in [-0.25, -0.2) is 9.97 Å². The maximum atomic E-state index is 9.85. The summed E-state index contributed by atoms with van der Waals surface area (Å²) in [7, 11) is 0. The fourth-order valence-corrected chi connectivity index (χ4v) is 2.27. The zero-order chi connectivity index (χ0) is 12.5. The number of piperidine rings is 1.